The lowest BCUT2D eigenvalue weighted by Gasteiger charge is -1.97. The first-order chi connectivity index (χ1) is 6.75. The van der Waals surface area contributed by atoms with Gasteiger partial charge in [0.2, 0.25) is 0 Å². The van der Waals surface area contributed by atoms with E-state index in [0.29, 0.717) is 5.92 Å². The van der Waals surface area contributed by atoms with Gasteiger partial charge in [-0.25, -0.2) is 0 Å². The molecular formula is C10H9NO2S. The minimum absolute atomic E-state index is 0.117. The molecular weight excluding hydrogens is 198 g/mol. The summed E-state index contributed by atoms with van der Waals surface area (Å²) in [6, 6.07) is 1.25. The average Bonchev–Trinajstić information content (AvgIpc) is 2.87. The van der Waals surface area contributed by atoms with Crippen molar-refractivity contribution in [3.63, 3.8) is 0 Å². The van der Waals surface area contributed by atoms with Crippen molar-refractivity contribution >= 4 is 21.6 Å². The molecule has 1 saturated carbocycles. The van der Waals surface area contributed by atoms with Crippen LogP contribution >= 0.6 is 11.3 Å². The first-order valence-electron chi connectivity index (χ1n) is 4.59. The second-order valence-corrected chi connectivity index (χ2v) is 4.57. The Kier molecular flexibility index (Phi) is 1.50. The minimum Gasteiger partial charge on any atom is -0.507 e. The molecule has 1 fully saturated rings. The predicted octanol–water partition coefficient (Wildman–Crippen LogP) is 2.17. The van der Waals surface area contributed by atoms with Gasteiger partial charge in [0.15, 0.2) is 0 Å². The smallest absolute Gasteiger partial charge is 0.252 e. The molecule has 4 heteroatoms. The van der Waals surface area contributed by atoms with E-state index in [-0.39, 0.29) is 11.3 Å². The lowest BCUT2D eigenvalue weighted by atomic mass is 10.1. The van der Waals surface area contributed by atoms with Gasteiger partial charge in [-0.2, -0.15) is 0 Å². The number of rotatable bonds is 1. The van der Waals surface area contributed by atoms with Crippen LogP contribution in [-0.4, -0.2) is 10.1 Å². The molecule has 0 saturated heterocycles. The highest BCUT2D eigenvalue weighted by atomic mass is 32.1. The molecule has 0 atom stereocenters. The first kappa shape index (κ1) is 8.05. The fraction of sp³-hybridized carbons (Fsp3) is 0.300. The maximum atomic E-state index is 11.1. The molecule has 0 aliphatic heterocycles. The zero-order valence-electron chi connectivity index (χ0n) is 7.41. The number of aromatic nitrogens is 1. The van der Waals surface area contributed by atoms with Crippen LogP contribution in [0.5, 0.6) is 5.75 Å². The molecule has 2 aromatic rings. The normalized spacial score (nSPS) is 16.3. The fourth-order valence-corrected chi connectivity index (χ4v) is 2.82. The Labute approximate surface area is 84.0 Å². The van der Waals surface area contributed by atoms with Crippen LogP contribution < -0.4 is 5.56 Å². The Morgan fingerprint density at radius 3 is 3.00 bits per heavy atom. The SMILES string of the molecule is O=c1cc(O)c2c(C3CC3)csc2[nH]1. The summed E-state index contributed by atoms with van der Waals surface area (Å²) < 4.78 is 0. The minimum atomic E-state index is -0.237. The predicted molar refractivity (Wildman–Crippen MR) is 56.1 cm³/mol. The Hall–Kier alpha value is -1.29. The van der Waals surface area contributed by atoms with Crippen molar-refractivity contribution in [3.8, 4) is 5.75 Å². The number of hydrogen-bond donors (Lipinski definition) is 2. The van der Waals surface area contributed by atoms with Crippen LogP contribution in [0.1, 0.15) is 24.3 Å². The van der Waals surface area contributed by atoms with E-state index in [2.05, 4.69) is 4.98 Å². The molecule has 0 aromatic carbocycles. The lowest BCUT2D eigenvalue weighted by Crippen LogP contribution is -2.01. The highest BCUT2D eigenvalue weighted by molar-refractivity contribution is 7.17. The van der Waals surface area contributed by atoms with Crippen molar-refractivity contribution in [2.75, 3.05) is 0 Å². The standard InChI is InChI=1S/C10H9NO2S/c12-7-3-8(13)11-10-9(7)6(4-14-10)5-1-2-5/h3-5H,1-2H2,(H2,11,12,13). The van der Waals surface area contributed by atoms with Gasteiger partial charge in [0.25, 0.3) is 5.56 Å². The van der Waals surface area contributed by atoms with Crippen LogP contribution in [0.25, 0.3) is 10.2 Å². The number of aromatic amines is 1. The number of fused-ring (bicyclic) bond motifs is 1. The molecule has 3 nitrogen and oxygen atoms in total. The van der Waals surface area contributed by atoms with Gasteiger partial charge >= 0.3 is 0 Å². The van der Waals surface area contributed by atoms with Crippen molar-refractivity contribution in [2.24, 2.45) is 0 Å². The van der Waals surface area contributed by atoms with Gasteiger partial charge in [0.05, 0.1) is 5.39 Å². The van der Waals surface area contributed by atoms with Crippen LogP contribution in [-0.2, 0) is 0 Å². The first-order valence-corrected chi connectivity index (χ1v) is 5.47. The van der Waals surface area contributed by atoms with Gasteiger partial charge in [-0.05, 0) is 29.7 Å². The zero-order chi connectivity index (χ0) is 9.71. The second-order valence-electron chi connectivity index (χ2n) is 3.69. The van der Waals surface area contributed by atoms with Crippen molar-refractivity contribution < 1.29 is 5.11 Å². The van der Waals surface area contributed by atoms with Gasteiger partial charge in [0, 0.05) is 6.07 Å². The van der Waals surface area contributed by atoms with Gasteiger partial charge < -0.3 is 10.1 Å². The summed E-state index contributed by atoms with van der Waals surface area (Å²) in [6.45, 7) is 0. The number of thiophene rings is 1. The number of nitrogens with one attached hydrogen (secondary N) is 1. The summed E-state index contributed by atoms with van der Waals surface area (Å²) >= 11 is 1.50. The van der Waals surface area contributed by atoms with E-state index in [9.17, 15) is 9.90 Å². The molecule has 0 bridgehead atoms. The average molecular weight is 207 g/mol. The second kappa shape index (κ2) is 2.60. The zero-order valence-corrected chi connectivity index (χ0v) is 8.23. The van der Waals surface area contributed by atoms with E-state index < -0.39 is 0 Å². The van der Waals surface area contributed by atoms with Crippen molar-refractivity contribution in [3.05, 3.63) is 27.4 Å². The van der Waals surface area contributed by atoms with Crippen molar-refractivity contribution in [1.82, 2.24) is 4.98 Å². The third-order valence-electron chi connectivity index (χ3n) is 2.60. The van der Waals surface area contributed by atoms with Gasteiger partial charge in [-0.1, -0.05) is 0 Å². The third kappa shape index (κ3) is 1.07. The van der Waals surface area contributed by atoms with E-state index >= 15 is 0 Å². The van der Waals surface area contributed by atoms with Crippen LogP contribution in [0, 0.1) is 0 Å². The van der Waals surface area contributed by atoms with Crippen LogP contribution in [0.4, 0.5) is 0 Å². The largest absolute Gasteiger partial charge is 0.507 e. The van der Waals surface area contributed by atoms with E-state index in [1.54, 1.807) is 0 Å². The van der Waals surface area contributed by atoms with E-state index in [0.717, 1.165) is 10.2 Å². The Morgan fingerprint density at radius 2 is 2.29 bits per heavy atom. The van der Waals surface area contributed by atoms with E-state index in [1.165, 1.54) is 35.8 Å². The van der Waals surface area contributed by atoms with Crippen LogP contribution in [0.15, 0.2) is 16.2 Å². The fourth-order valence-electron chi connectivity index (χ4n) is 1.77. The lowest BCUT2D eigenvalue weighted by molar-refractivity contribution is 0.480. The van der Waals surface area contributed by atoms with E-state index in [1.807, 2.05) is 5.38 Å². The molecule has 0 radical (unpaired) electrons. The van der Waals surface area contributed by atoms with Crippen molar-refractivity contribution in [2.45, 2.75) is 18.8 Å². The number of pyridine rings is 1. The van der Waals surface area contributed by atoms with Gasteiger partial charge in [-0.3, -0.25) is 4.79 Å². The number of H-pyrrole nitrogens is 1. The molecule has 3 rings (SSSR count). The third-order valence-corrected chi connectivity index (χ3v) is 3.51. The van der Waals surface area contributed by atoms with Crippen LogP contribution in [0.2, 0.25) is 0 Å². The summed E-state index contributed by atoms with van der Waals surface area (Å²) in [6.07, 6.45) is 2.40. The van der Waals surface area contributed by atoms with E-state index in [4.69, 9.17) is 0 Å². The Balaban J connectivity index is 2.38. The summed E-state index contributed by atoms with van der Waals surface area (Å²) in [5.74, 6) is 0.715. The molecule has 2 heterocycles. The van der Waals surface area contributed by atoms with Gasteiger partial charge in [-0.15, -0.1) is 11.3 Å². The van der Waals surface area contributed by atoms with Crippen molar-refractivity contribution in [1.29, 1.82) is 0 Å². The topological polar surface area (TPSA) is 53.1 Å². The quantitative estimate of drug-likeness (QED) is 0.753. The van der Waals surface area contributed by atoms with Crippen LogP contribution in [0.3, 0.4) is 0 Å². The summed E-state index contributed by atoms with van der Waals surface area (Å²) in [7, 11) is 0. The molecule has 0 spiro atoms. The molecule has 0 unspecified atom stereocenters. The monoisotopic (exact) mass is 207 g/mol. The summed E-state index contributed by atoms with van der Waals surface area (Å²) in [4.78, 5) is 14.6. The molecule has 1 aliphatic rings. The highest BCUT2D eigenvalue weighted by Crippen LogP contribution is 2.46. The molecule has 14 heavy (non-hydrogen) atoms. The molecule has 1 aliphatic carbocycles. The maximum absolute atomic E-state index is 11.1. The highest BCUT2D eigenvalue weighted by Gasteiger charge is 2.27. The maximum Gasteiger partial charge on any atom is 0.252 e. The number of hydrogen-bond acceptors (Lipinski definition) is 3. The number of aromatic hydroxyl groups is 1. The van der Waals surface area contributed by atoms with Gasteiger partial charge in [0.1, 0.15) is 10.6 Å². The Morgan fingerprint density at radius 1 is 1.50 bits per heavy atom. The summed E-state index contributed by atoms with van der Waals surface area (Å²) in [5, 5.41) is 12.6. The molecule has 2 N–H and O–H groups in total. The molecule has 2 aromatic heterocycles. The molecule has 0 amide bonds. The summed E-state index contributed by atoms with van der Waals surface area (Å²) in [5.41, 5.74) is 0.956. The Bertz CT molecular complexity index is 551. The molecule has 72 valence electrons.